The van der Waals surface area contributed by atoms with E-state index in [1.54, 1.807) is 0 Å². The van der Waals surface area contributed by atoms with E-state index in [-0.39, 0.29) is 5.97 Å². The van der Waals surface area contributed by atoms with Gasteiger partial charge in [0.15, 0.2) is 0 Å². The summed E-state index contributed by atoms with van der Waals surface area (Å²) >= 11 is 1.42. The maximum atomic E-state index is 10.9. The number of ether oxygens (including phenoxy) is 1. The Hall–Kier alpha value is -1.17. The van der Waals surface area contributed by atoms with Gasteiger partial charge in [-0.05, 0) is 19.3 Å². The van der Waals surface area contributed by atoms with Crippen molar-refractivity contribution in [3.63, 3.8) is 0 Å². The second-order valence-corrected chi connectivity index (χ2v) is 4.83. The van der Waals surface area contributed by atoms with Crippen molar-refractivity contribution in [3.05, 3.63) is 5.82 Å². The molecule has 0 saturated carbocycles. The van der Waals surface area contributed by atoms with Gasteiger partial charge in [0.05, 0.1) is 7.11 Å². The molecule has 0 aliphatic rings. The van der Waals surface area contributed by atoms with Gasteiger partial charge in [0.2, 0.25) is 5.13 Å². The molecule has 0 fully saturated rings. The van der Waals surface area contributed by atoms with Crippen LogP contribution in [0.2, 0.25) is 0 Å². The SMILES string of the molecule is CCCc1nsc(NCCCCCC(=O)OC)n1. The van der Waals surface area contributed by atoms with Crippen LogP contribution in [0.15, 0.2) is 0 Å². The lowest BCUT2D eigenvalue weighted by Crippen LogP contribution is -2.03. The minimum absolute atomic E-state index is 0.128. The Balaban J connectivity index is 2.05. The predicted octanol–water partition coefficient (Wildman–Crippen LogP) is 2.64. The zero-order valence-electron chi connectivity index (χ0n) is 11.1. The quantitative estimate of drug-likeness (QED) is 0.552. The van der Waals surface area contributed by atoms with Gasteiger partial charge in [0.25, 0.3) is 0 Å². The molecule has 0 atom stereocenters. The van der Waals surface area contributed by atoms with Crippen LogP contribution in [0.3, 0.4) is 0 Å². The zero-order chi connectivity index (χ0) is 13.2. The Kier molecular flexibility index (Phi) is 7.32. The number of anilines is 1. The fourth-order valence-electron chi connectivity index (χ4n) is 1.52. The second kappa shape index (κ2) is 8.85. The number of rotatable bonds is 9. The number of nitrogens with zero attached hydrogens (tertiary/aromatic N) is 2. The minimum Gasteiger partial charge on any atom is -0.469 e. The molecule has 0 amide bonds. The first-order chi connectivity index (χ1) is 8.76. The molecule has 0 spiro atoms. The summed E-state index contributed by atoms with van der Waals surface area (Å²) in [6.45, 7) is 3.00. The van der Waals surface area contributed by atoms with Crippen LogP contribution in [-0.4, -0.2) is 29.0 Å². The highest BCUT2D eigenvalue weighted by molar-refractivity contribution is 7.09. The molecule has 0 radical (unpaired) electrons. The number of esters is 1. The molecule has 0 aliphatic carbocycles. The molecule has 0 unspecified atom stereocenters. The molecular weight excluding hydrogens is 250 g/mol. The molecule has 0 aliphatic heterocycles. The number of carbonyl (C=O) groups excluding carboxylic acids is 1. The predicted molar refractivity (Wildman–Crippen MR) is 72.9 cm³/mol. The van der Waals surface area contributed by atoms with Crippen molar-refractivity contribution in [2.24, 2.45) is 0 Å². The fourth-order valence-corrected chi connectivity index (χ4v) is 2.16. The van der Waals surface area contributed by atoms with Crippen LogP contribution in [0, 0.1) is 0 Å². The molecule has 6 heteroatoms. The molecule has 1 aromatic rings. The Morgan fingerprint density at radius 1 is 1.39 bits per heavy atom. The lowest BCUT2D eigenvalue weighted by molar-refractivity contribution is -0.140. The first-order valence-electron chi connectivity index (χ1n) is 6.39. The Morgan fingerprint density at radius 3 is 2.94 bits per heavy atom. The Bertz CT molecular complexity index is 355. The van der Waals surface area contributed by atoms with Crippen molar-refractivity contribution < 1.29 is 9.53 Å². The molecule has 1 N–H and O–H groups in total. The van der Waals surface area contributed by atoms with Crippen molar-refractivity contribution in [2.45, 2.75) is 45.4 Å². The van der Waals surface area contributed by atoms with Gasteiger partial charge in [-0.2, -0.15) is 4.37 Å². The number of hydrogen-bond donors (Lipinski definition) is 1. The highest BCUT2D eigenvalue weighted by Crippen LogP contribution is 2.12. The van der Waals surface area contributed by atoms with E-state index in [2.05, 4.69) is 26.3 Å². The average molecular weight is 271 g/mol. The van der Waals surface area contributed by atoms with E-state index in [9.17, 15) is 4.79 Å². The molecule has 5 nitrogen and oxygen atoms in total. The van der Waals surface area contributed by atoms with Crippen LogP contribution in [0.5, 0.6) is 0 Å². The van der Waals surface area contributed by atoms with Crippen LogP contribution >= 0.6 is 11.5 Å². The van der Waals surface area contributed by atoms with Crippen molar-refractivity contribution >= 4 is 22.6 Å². The van der Waals surface area contributed by atoms with Gasteiger partial charge in [-0.3, -0.25) is 4.79 Å². The molecule has 1 heterocycles. The van der Waals surface area contributed by atoms with E-state index in [4.69, 9.17) is 0 Å². The van der Waals surface area contributed by atoms with Crippen LogP contribution in [0.25, 0.3) is 0 Å². The summed E-state index contributed by atoms with van der Waals surface area (Å²) in [6, 6.07) is 0. The summed E-state index contributed by atoms with van der Waals surface area (Å²) in [5.41, 5.74) is 0. The number of aryl methyl sites for hydroxylation is 1. The molecule has 18 heavy (non-hydrogen) atoms. The summed E-state index contributed by atoms with van der Waals surface area (Å²) < 4.78 is 8.84. The summed E-state index contributed by atoms with van der Waals surface area (Å²) in [7, 11) is 1.42. The van der Waals surface area contributed by atoms with Crippen molar-refractivity contribution in [3.8, 4) is 0 Å². The van der Waals surface area contributed by atoms with Gasteiger partial charge in [-0.1, -0.05) is 13.3 Å². The van der Waals surface area contributed by atoms with E-state index in [0.29, 0.717) is 6.42 Å². The largest absolute Gasteiger partial charge is 0.469 e. The maximum Gasteiger partial charge on any atom is 0.305 e. The molecule has 1 aromatic heterocycles. The van der Waals surface area contributed by atoms with Crippen molar-refractivity contribution in [1.29, 1.82) is 0 Å². The van der Waals surface area contributed by atoms with Crippen molar-refractivity contribution in [2.75, 3.05) is 19.0 Å². The van der Waals surface area contributed by atoms with E-state index < -0.39 is 0 Å². The first kappa shape index (κ1) is 14.9. The standard InChI is InChI=1S/C12H21N3O2S/c1-3-7-10-14-12(18-15-10)13-9-6-4-5-8-11(16)17-2/h3-9H2,1-2H3,(H,13,14,15). The second-order valence-electron chi connectivity index (χ2n) is 4.08. The topological polar surface area (TPSA) is 64.1 Å². The third-order valence-electron chi connectivity index (χ3n) is 2.50. The number of unbranched alkanes of at least 4 members (excludes halogenated alkanes) is 2. The molecule has 1 rings (SSSR count). The van der Waals surface area contributed by atoms with Gasteiger partial charge in [-0.25, -0.2) is 4.98 Å². The molecule has 0 aromatic carbocycles. The normalized spacial score (nSPS) is 10.3. The van der Waals surface area contributed by atoms with Crippen LogP contribution in [0.1, 0.15) is 44.9 Å². The van der Waals surface area contributed by atoms with Gasteiger partial charge in [0, 0.05) is 30.9 Å². The Labute approximate surface area is 112 Å². The lowest BCUT2D eigenvalue weighted by Gasteiger charge is -2.01. The smallest absolute Gasteiger partial charge is 0.305 e. The van der Waals surface area contributed by atoms with E-state index in [1.165, 1.54) is 18.6 Å². The summed E-state index contributed by atoms with van der Waals surface area (Å²) in [5.74, 6) is 0.798. The van der Waals surface area contributed by atoms with Crippen LogP contribution in [0.4, 0.5) is 5.13 Å². The van der Waals surface area contributed by atoms with E-state index in [1.807, 2.05) is 0 Å². The fraction of sp³-hybridized carbons (Fsp3) is 0.750. The number of carbonyl (C=O) groups is 1. The van der Waals surface area contributed by atoms with Crippen molar-refractivity contribution in [1.82, 2.24) is 9.36 Å². The van der Waals surface area contributed by atoms with Crippen LogP contribution in [-0.2, 0) is 16.0 Å². The van der Waals surface area contributed by atoms with Gasteiger partial charge < -0.3 is 10.1 Å². The highest BCUT2D eigenvalue weighted by Gasteiger charge is 2.02. The monoisotopic (exact) mass is 271 g/mol. The summed E-state index contributed by atoms with van der Waals surface area (Å²) in [5, 5.41) is 4.15. The van der Waals surface area contributed by atoms with Gasteiger partial charge in [0.1, 0.15) is 5.82 Å². The van der Waals surface area contributed by atoms with Crippen LogP contribution < -0.4 is 5.32 Å². The molecular formula is C12H21N3O2S. The van der Waals surface area contributed by atoms with E-state index >= 15 is 0 Å². The summed E-state index contributed by atoms with van der Waals surface area (Å²) in [6.07, 6.45) is 5.45. The molecule has 0 saturated heterocycles. The van der Waals surface area contributed by atoms with E-state index in [0.717, 1.165) is 49.6 Å². The number of nitrogens with one attached hydrogen (secondary N) is 1. The average Bonchev–Trinajstić information content (AvgIpc) is 2.81. The number of hydrogen-bond acceptors (Lipinski definition) is 6. The molecule has 102 valence electrons. The molecule has 0 bridgehead atoms. The summed E-state index contributed by atoms with van der Waals surface area (Å²) in [4.78, 5) is 15.3. The number of aromatic nitrogens is 2. The maximum absolute atomic E-state index is 10.9. The first-order valence-corrected chi connectivity index (χ1v) is 7.17. The Morgan fingerprint density at radius 2 is 2.22 bits per heavy atom. The van der Waals surface area contributed by atoms with Gasteiger partial charge in [-0.15, -0.1) is 0 Å². The number of methoxy groups -OCH3 is 1. The minimum atomic E-state index is -0.128. The zero-order valence-corrected chi connectivity index (χ0v) is 11.9. The third kappa shape index (κ3) is 5.95. The third-order valence-corrected chi connectivity index (χ3v) is 3.21. The highest BCUT2D eigenvalue weighted by atomic mass is 32.1. The van der Waals surface area contributed by atoms with Gasteiger partial charge >= 0.3 is 5.97 Å². The lowest BCUT2D eigenvalue weighted by atomic mass is 10.2.